The fourth-order valence-corrected chi connectivity index (χ4v) is 8.38. The molecule has 3 aromatic rings. The lowest BCUT2D eigenvalue weighted by Crippen LogP contribution is -2.47. The van der Waals surface area contributed by atoms with Gasteiger partial charge in [-0.15, -0.1) is 0 Å². The Morgan fingerprint density at radius 2 is 1.62 bits per heavy atom. The SMILES string of the molecule is COCC1=C2[C@@H](CC/C(=C/c3ccccc3O)c3ccccc3)OC[C@@H]2[C@@H]2C(=O)N(C3CCN(Cc4ccccc4)CC3)C(=O)[C@@H]2C1. The van der Waals surface area contributed by atoms with E-state index in [1.165, 1.54) is 11.1 Å². The third-order valence-corrected chi connectivity index (χ3v) is 10.6. The Hall–Kier alpha value is -4.04. The Bertz CT molecular complexity index is 1640. The number of allylic oxidation sites excluding steroid dienone is 1. The molecule has 0 bridgehead atoms. The van der Waals surface area contributed by atoms with E-state index in [1.54, 1.807) is 18.1 Å². The molecule has 1 N–H and O–H groups in total. The number of hydrogen-bond donors (Lipinski definition) is 1. The van der Waals surface area contributed by atoms with Crippen LogP contribution in [0.3, 0.4) is 0 Å². The number of para-hydroxylation sites is 1. The normalized spacial score (nSPS) is 25.4. The van der Waals surface area contributed by atoms with Crippen LogP contribution in [0.1, 0.15) is 48.8 Å². The van der Waals surface area contributed by atoms with Crippen molar-refractivity contribution in [1.29, 1.82) is 0 Å². The van der Waals surface area contributed by atoms with Gasteiger partial charge in [0.15, 0.2) is 0 Å². The number of rotatable bonds is 10. The van der Waals surface area contributed by atoms with Crippen LogP contribution in [0.4, 0.5) is 0 Å². The van der Waals surface area contributed by atoms with E-state index in [0.29, 0.717) is 19.6 Å². The highest BCUT2D eigenvalue weighted by molar-refractivity contribution is 6.06. The molecule has 3 aromatic carbocycles. The second-order valence-electron chi connectivity index (χ2n) is 13.4. The van der Waals surface area contributed by atoms with Gasteiger partial charge in [0.2, 0.25) is 11.8 Å². The van der Waals surface area contributed by atoms with Crippen LogP contribution in [0.25, 0.3) is 11.6 Å². The highest BCUT2D eigenvalue weighted by Crippen LogP contribution is 2.51. The minimum absolute atomic E-state index is 0.00502. The molecule has 3 fully saturated rings. The number of methoxy groups -OCH3 is 1. The summed E-state index contributed by atoms with van der Waals surface area (Å²) < 4.78 is 12.2. The van der Waals surface area contributed by atoms with Gasteiger partial charge >= 0.3 is 0 Å². The van der Waals surface area contributed by atoms with Gasteiger partial charge in [0, 0.05) is 44.3 Å². The number of hydrogen-bond acceptors (Lipinski definition) is 6. The lowest BCUT2D eigenvalue weighted by atomic mass is 9.69. The molecule has 0 radical (unpaired) electrons. The molecule has 3 heterocycles. The molecule has 0 unspecified atom stereocenters. The number of benzene rings is 3. The number of likely N-dealkylation sites (tertiary alicyclic amines) is 2. The van der Waals surface area contributed by atoms with E-state index in [4.69, 9.17) is 9.47 Å². The van der Waals surface area contributed by atoms with Crippen LogP contribution in [0.15, 0.2) is 96.1 Å². The number of piperidine rings is 1. The summed E-state index contributed by atoms with van der Waals surface area (Å²) in [6, 6.07) is 28.0. The second-order valence-corrected chi connectivity index (χ2v) is 13.4. The molecule has 7 heteroatoms. The highest BCUT2D eigenvalue weighted by atomic mass is 16.5. The van der Waals surface area contributed by atoms with Crippen LogP contribution in [0, 0.1) is 17.8 Å². The fourth-order valence-electron chi connectivity index (χ4n) is 8.38. The van der Waals surface area contributed by atoms with Gasteiger partial charge in [0.1, 0.15) is 5.75 Å². The number of phenols is 1. The first-order valence-corrected chi connectivity index (χ1v) is 17.0. The first-order chi connectivity index (χ1) is 23.0. The van der Waals surface area contributed by atoms with Gasteiger partial charge in [0.25, 0.3) is 0 Å². The molecule has 3 saturated heterocycles. The summed E-state index contributed by atoms with van der Waals surface area (Å²) in [5.74, 6) is -0.574. The van der Waals surface area contributed by atoms with Gasteiger partial charge < -0.3 is 14.6 Å². The summed E-state index contributed by atoms with van der Waals surface area (Å²) >= 11 is 0. The summed E-state index contributed by atoms with van der Waals surface area (Å²) in [5, 5.41) is 10.5. The fraction of sp³-hybridized carbons (Fsp3) is 0.400. The van der Waals surface area contributed by atoms with E-state index in [2.05, 4.69) is 47.4 Å². The molecule has 244 valence electrons. The van der Waals surface area contributed by atoms with Crippen molar-refractivity contribution in [3.63, 3.8) is 0 Å². The Morgan fingerprint density at radius 1 is 0.915 bits per heavy atom. The van der Waals surface area contributed by atoms with Crippen molar-refractivity contribution in [1.82, 2.24) is 9.80 Å². The first kappa shape index (κ1) is 31.6. The van der Waals surface area contributed by atoms with Crippen molar-refractivity contribution in [2.24, 2.45) is 17.8 Å². The van der Waals surface area contributed by atoms with Gasteiger partial charge in [0.05, 0.1) is 31.2 Å². The van der Waals surface area contributed by atoms with Crippen molar-refractivity contribution in [2.45, 2.75) is 50.8 Å². The first-order valence-electron chi connectivity index (χ1n) is 17.0. The number of carbonyl (C=O) groups is 2. The molecule has 0 spiro atoms. The number of fused-ring (bicyclic) bond motifs is 3. The number of phenolic OH excluding ortho intramolecular Hbond substituents is 1. The molecule has 0 aromatic heterocycles. The minimum atomic E-state index is -0.365. The molecule has 47 heavy (non-hydrogen) atoms. The van der Waals surface area contributed by atoms with E-state index in [-0.39, 0.29) is 47.5 Å². The molecule has 4 aliphatic rings. The zero-order valence-corrected chi connectivity index (χ0v) is 27.1. The Labute approximate surface area is 277 Å². The van der Waals surface area contributed by atoms with Crippen LogP contribution in [-0.4, -0.2) is 72.3 Å². The zero-order chi connectivity index (χ0) is 32.3. The predicted octanol–water partition coefficient (Wildman–Crippen LogP) is 6.34. The average molecular weight is 633 g/mol. The number of ether oxygens (including phenoxy) is 2. The van der Waals surface area contributed by atoms with Crippen molar-refractivity contribution < 1.29 is 24.2 Å². The maximum Gasteiger partial charge on any atom is 0.234 e. The van der Waals surface area contributed by atoms with Gasteiger partial charge in [-0.2, -0.15) is 0 Å². The van der Waals surface area contributed by atoms with Gasteiger partial charge in [-0.3, -0.25) is 19.4 Å². The number of imide groups is 1. The van der Waals surface area contributed by atoms with Crippen molar-refractivity contribution >= 4 is 23.5 Å². The Balaban J connectivity index is 1.07. The average Bonchev–Trinajstić information content (AvgIpc) is 3.63. The molecule has 4 atom stereocenters. The molecule has 7 nitrogen and oxygen atoms in total. The van der Waals surface area contributed by atoms with E-state index < -0.39 is 0 Å². The number of nitrogens with zero attached hydrogens (tertiary/aromatic N) is 2. The standard InChI is InChI=1S/C40H44N2O5/c1-46-25-31-23-33-38(40(45)42(39(33)44)32-18-20-41(21-19-32)24-27-10-4-2-5-11-27)34-26-47-36(37(31)34)17-16-29(28-12-6-3-7-13-28)22-30-14-8-9-15-35(30)43/h2-15,22,32-34,36,38,43H,16-21,23-26H2,1H3/b29-22-/t33-,34+,36-,38-/m1/s1. The smallest absolute Gasteiger partial charge is 0.234 e. The van der Waals surface area contributed by atoms with Crippen LogP contribution in [-0.2, 0) is 25.6 Å². The van der Waals surface area contributed by atoms with Crippen molar-refractivity contribution in [3.05, 3.63) is 113 Å². The Kier molecular flexibility index (Phi) is 9.39. The lowest BCUT2D eigenvalue weighted by molar-refractivity contribution is -0.144. The third kappa shape index (κ3) is 6.45. The molecule has 1 aliphatic carbocycles. The summed E-state index contributed by atoms with van der Waals surface area (Å²) in [5.41, 5.74) is 6.56. The topological polar surface area (TPSA) is 79.3 Å². The maximum atomic E-state index is 14.2. The zero-order valence-electron chi connectivity index (χ0n) is 27.1. The van der Waals surface area contributed by atoms with Crippen LogP contribution < -0.4 is 0 Å². The summed E-state index contributed by atoms with van der Waals surface area (Å²) in [4.78, 5) is 32.2. The molecule has 0 saturated carbocycles. The lowest BCUT2D eigenvalue weighted by Gasteiger charge is -2.36. The van der Waals surface area contributed by atoms with Crippen molar-refractivity contribution in [3.8, 4) is 5.75 Å². The van der Waals surface area contributed by atoms with E-state index in [9.17, 15) is 14.7 Å². The van der Waals surface area contributed by atoms with E-state index >= 15 is 0 Å². The highest BCUT2D eigenvalue weighted by Gasteiger charge is 2.58. The molecule has 2 amide bonds. The van der Waals surface area contributed by atoms with Gasteiger partial charge in [-0.1, -0.05) is 78.9 Å². The van der Waals surface area contributed by atoms with E-state index in [0.717, 1.165) is 67.6 Å². The summed E-state index contributed by atoms with van der Waals surface area (Å²) in [7, 11) is 1.69. The number of carbonyl (C=O) groups excluding carboxylic acids is 2. The third-order valence-electron chi connectivity index (χ3n) is 10.6. The Morgan fingerprint density at radius 3 is 2.34 bits per heavy atom. The number of aromatic hydroxyl groups is 1. The predicted molar refractivity (Wildman–Crippen MR) is 182 cm³/mol. The van der Waals surface area contributed by atoms with E-state index in [1.807, 2.05) is 42.5 Å². The van der Waals surface area contributed by atoms with Crippen molar-refractivity contribution in [2.75, 3.05) is 33.4 Å². The van der Waals surface area contributed by atoms with Gasteiger partial charge in [-0.05, 0) is 72.1 Å². The van der Waals surface area contributed by atoms with Crippen LogP contribution in [0.2, 0.25) is 0 Å². The molecule has 7 rings (SSSR count). The summed E-state index contributed by atoms with van der Waals surface area (Å²) in [6.07, 6.45) is 5.54. The van der Waals surface area contributed by atoms with Crippen LogP contribution in [0.5, 0.6) is 5.75 Å². The quantitative estimate of drug-likeness (QED) is 0.160. The second kappa shape index (κ2) is 14.0. The number of amides is 2. The monoisotopic (exact) mass is 632 g/mol. The molecule has 3 aliphatic heterocycles. The molecular weight excluding hydrogens is 588 g/mol. The van der Waals surface area contributed by atoms with Crippen LogP contribution >= 0.6 is 0 Å². The summed E-state index contributed by atoms with van der Waals surface area (Å²) in [6.45, 7) is 3.52. The maximum absolute atomic E-state index is 14.2. The largest absolute Gasteiger partial charge is 0.507 e. The van der Waals surface area contributed by atoms with Gasteiger partial charge in [-0.25, -0.2) is 0 Å². The molecular formula is C40H44N2O5. The minimum Gasteiger partial charge on any atom is -0.507 e.